The third-order valence-electron chi connectivity index (χ3n) is 2.11. The van der Waals surface area contributed by atoms with Crippen molar-refractivity contribution in [2.75, 3.05) is 40.0 Å². The average molecular weight is 247 g/mol. The van der Waals surface area contributed by atoms with Gasteiger partial charge in [0, 0.05) is 26.6 Å². The highest BCUT2D eigenvalue weighted by Gasteiger charge is 2.08. The highest BCUT2D eigenvalue weighted by molar-refractivity contribution is 5.77. The number of rotatable bonds is 10. The van der Waals surface area contributed by atoms with Gasteiger partial charge in [0.05, 0.1) is 13.2 Å². The number of carbonyl (C=O) groups excluding carboxylic acids is 1. The monoisotopic (exact) mass is 247 g/mol. The number of nitrogens with zero attached hydrogens (tertiary/aromatic N) is 1. The molecule has 0 saturated carbocycles. The summed E-state index contributed by atoms with van der Waals surface area (Å²) in [6.45, 7) is 3.83. The van der Waals surface area contributed by atoms with Gasteiger partial charge >= 0.3 is 5.97 Å². The number of carbonyl (C=O) groups is 2. The molecule has 0 aliphatic rings. The zero-order chi connectivity index (χ0) is 13.1. The van der Waals surface area contributed by atoms with Gasteiger partial charge in [-0.1, -0.05) is 0 Å². The van der Waals surface area contributed by atoms with Gasteiger partial charge in [0.2, 0.25) is 5.91 Å². The summed E-state index contributed by atoms with van der Waals surface area (Å²) >= 11 is 0. The first kappa shape index (κ1) is 15.9. The molecule has 6 nitrogen and oxygen atoms in total. The third-order valence-corrected chi connectivity index (χ3v) is 2.11. The Labute approximate surface area is 101 Å². The average Bonchev–Trinajstić information content (AvgIpc) is 2.27. The highest BCUT2D eigenvalue weighted by atomic mass is 16.5. The lowest BCUT2D eigenvalue weighted by Gasteiger charge is -2.16. The number of aliphatic carboxylic acids is 1. The Morgan fingerprint density at radius 2 is 1.88 bits per heavy atom. The van der Waals surface area contributed by atoms with E-state index in [1.165, 1.54) is 4.90 Å². The molecule has 0 unspecified atom stereocenters. The standard InChI is InChI=1S/C11H21NO5/c1-3-16-7-8-17-9-10(13)12(2)6-4-5-11(14)15/h3-9H2,1-2H3,(H,14,15). The quantitative estimate of drug-likeness (QED) is 0.564. The summed E-state index contributed by atoms with van der Waals surface area (Å²) in [5, 5.41) is 8.45. The van der Waals surface area contributed by atoms with Crippen molar-refractivity contribution in [3.05, 3.63) is 0 Å². The van der Waals surface area contributed by atoms with Crippen molar-refractivity contribution in [3.8, 4) is 0 Å². The molecule has 0 aliphatic heterocycles. The predicted molar refractivity (Wildman–Crippen MR) is 61.8 cm³/mol. The minimum atomic E-state index is -0.848. The normalized spacial score (nSPS) is 10.2. The van der Waals surface area contributed by atoms with Gasteiger partial charge in [-0.25, -0.2) is 0 Å². The van der Waals surface area contributed by atoms with Crippen LogP contribution in [0.25, 0.3) is 0 Å². The summed E-state index contributed by atoms with van der Waals surface area (Å²) in [7, 11) is 1.64. The van der Waals surface area contributed by atoms with Crippen molar-refractivity contribution in [3.63, 3.8) is 0 Å². The molecule has 0 rings (SSSR count). The van der Waals surface area contributed by atoms with Crippen LogP contribution in [-0.4, -0.2) is 61.9 Å². The van der Waals surface area contributed by atoms with Gasteiger partial charge in [0.25, 0.3) is 0 Å². The van der Waals surface area contributed by atoms with Gasteiger partial charge in [0.1, 0.15) is 6.61 Å². The summed E-state index contributed by atoms with van der Waals surface area (Å²) in [6.07, 6.45) is 0.527. The second kappa shape index (κ2) is 10.0. The first-order valence-electron chi connectivity index (χ1n) is 5.69. The van der Waals surface area contributed by atoms with E-state index in [2.05, 4.69) is 0 Å². The fourth-order valence-corrected chi connectivity index (χ4v) is 1.12. The van der Waals surface area contributed by atoms with Crippen LogP contribution in [0.3, 0.4) is 0 Å². The molecule has 0 saturated heterocycles. The van der Waals surface area contributed by atoms with E-state index in [0.29, 0.717) is 32.8 Å². The molecule has 0 aromatic carbocycles. The van der Waals surface area contributed by atoms with Gasteiger partial charge in [-0.2, -0.15) is 0 Å². The van der Waals surface area contributed by atoms with E-state index in [1.54, 1.807) is 7.05 Å². The van der Waals surface area contributed by atoms with Crippen LogP contribution in [-0.2, 0) is 19.1 Å². The summed E-state index contributed by atoms with van der Waals surface area (Å²) < 4.78 is 10.2. The second-order valence-corrected chi connectivity index (χ2v) is 3.56. The Morgan fingerprint density at radius 3 is 2.47 bits per heavy atom. The number of carboxylic acid groups (broad SMARTS) is 1. The summed E-state index contributed by atoms with van der Waals surface area (Å²) in [4.78, 5) is 23.2. The Bertz CT molecular complexity index is 232. The zero-order valence-corrected chi connectivity index (χ0v) is 10.5. The van der Waals surface area contributed by atoms with Crippen molar-refractivity contribution in [1.29, 1.82) is 0 Å². The van der Waals surface area contributed by atoms with Crippen LogP contribution in [0.1, 0.15) is 19.8 Å². The molecule has 6 heteroatoms. The van der Waals surface area contributed by atoms with Gasteiger partial charge in [0.15, 0.2) is 0 Å². The number of likely N-dealkylation sites (N-methyl/N-ethyl adjacent to an activating group) is 1. The maximum absolute atomic E-state index is 11.5. The Balaban J connectivity index is 3.50. The molecule has 0 atom stereocenters. The number of hydrogen-bond donors (Lipinski definition) is 1. The minimum absolute atomic E-state index is 0.0106. The lowest BCUT2D eigenvalue weighted by atomic mass is 10.3. The van der Waals surface area contributed by atoms with E-state index < -0.39 is 5.97 Å². The van der Waals surface area contributed by atoms with Crippen LogP contribution in [0, 0.1) is 0 Å². The molecule has 0 aromatic heterocycles. The molecule has 1 N–H and O–H groups in total. The van der Waals surface area contributed by atoms with E-state index in [9.17, 15) is 9.59 Å². The molecule has 0 aromatic rings. The molecule has 17 heavy (non-hydrogen) atoms. The molecule has 0 radical (unpaired) electrons. The fourth-order valence-electron chi connectivity index (χ4n) is 1.12. The van der Waals surface area contributed by atoms with Crippen molar-refractivity contribution in [2.24, 2.45) is 0 Å². The van der Waals surface area contributed by atoms with E-state index in [-0.39, 0.29) is 18.9 Å². The first-order chi connectivity index (χ1) is 8.07. The Hall–Kier alpha value is -1.14. The van der Waals surface area contributed by atoms with Crippen molar-refractivity contribution >= 4 is 11.9 Å². The minimum Gasteiger partial charge on any atom is -0.481 e. The van der Waals surface area contributed by atoms with E-state index in [0.717, 1.165) is 0 Å². The lowest BCUT2D eigenvalue weighted by Crippen LogP contribution is -2.31. The van der Waals surface area contributed by atoms with Gasteiger partial charge in [-0.3, -0.25) is 9.59 Å². The molecule has 0 bridgehead atoms. The zero-order valence-electron chi connectivity index (χ0n) is 10.5. The molecular weight excluding hydrogens is 226 g/mol. The SMILES string of the molecule is CCOCCOCC(=O)N(C)CCCC(=O)O. The van der Waals surface area contributed by atoms with Crippen molar-refractivity contribution < 1.29 is 24.2 Å². The maximum atomic E-state index is 11.5. The third kappa shape index (κ3) is 9.77. The molecule has 0 fully saturated rings. The number of carboxylic acids is 1. The van der Waals surface area contributed by atoms with E-state index in [1.807, 2.05) is 6.92 Å². The Morgan fingerprint density at radius 1 is 1.24 bits per heavy atom. The molecule has 0 spiro atoms. The van der Waals surface area contributed by atoms with Gasteiger partial charge in [-0.05, 0) is 13.3 Å². The van der Waals surface area contributed by atoms with Crippen LogP contribution in [0.2, 0.25) is 0 Å². The van der Waals surface area contributed by atoms with Crippen LogP contribution < -0.4 is 0 Å². The molecule has 1 amide bonds. The topological polar surface area (TPSA) is 76.1 Å². The predicted octanol–water partition coefficient (Wildman–Crippen LogP) is 0.363. The fraction of sp³-hybridized carbons (Fsp3) is 0.818. The first-order valence-corrected chi connectivity index (χ1v) is 5.69. The summed E-state index contributed by atoms with van der Waals surface area (Å²) in [6, 6.07) is 0. The van der Waals surface area contributed by atoms with Crippen LogP contribution in [0.4, 0.5) is 0 Å². The number of ether oxygens (including phenoxy) is 2. The van der Waals surface area contributed by atoms with Crippen molar-refractivity contribution in [1.82, 2.24) is 4.90 Å². The smallest absolute Gasteiger partial charge is 0.303 e. The second-order valence-electron chi connectivity index (χ2n) is 3.56. The Kier molecular flexibility index (Phi) is 9.37. The molecule has 100 valence electrons. The summed E-state index contributed by atoms with van der Waals surface area (Å²) in [5.41, 5.74) is 0. The molecular formula is C11H21NO5. The van der Waals surface area contributed by atoms with E-state index >= 15 is 0 Å². The molecule has 0 aliphatic carbocycles. The highest BCUT2D eigenvalue weighted by Crippen LogP contribution is 1.94. The van der Waals surface area contributed by atoms with Gasteiger partial charge in [-0.15, -0.1) is 0 Å². The molecule has 0 heterocycles. The maximum Gasteiger partial charge on any atom is 0.303 e. The van der Waals surface area contributed by atoms with E-state index in [4.69, 9.17) is 14.6 Å². The van der Waals surface area contributed by atoms with Gasteiger partial charge < -0.3 is 19.5 Å². The van der Waals surface area contributed by atoms with Crippen LogP contribution >= 0.6 is 0 Å². The lowest BCUT2D eigenvalue weighted by molar-refractivity contribution is -0.139. The van der Waals surface area contributed by atoms with Crippen LogP contribution in [0.5, 0.6) is 0 Å². The van der Waals surface area contributed by atoms with Crippen molar-refractivity contribution in [2.45, 2.75) is 19.8 Å². The largest absolute Gasteiger partial charge is 0.481 e. The number of amides is 1. The summed E-state index contributed by atoms with van der Waals surface area (Å²) in [5.74, 6) is -0.995. The number of hydrogen-bond acceptors (Lipinski definition) is 4. The van der Waals surface area contributed by atoms with Crippen LogP contribution in [0.15, 0.2) is 0 Å².